The molecule has 5 nitrogen and oxygen atoms in total. The van der Waals surface area contributed by atoms with Gasteiger partial charge in [-0.2, -0.15) is 0 Å². The number of amides is 1. The second-order valence-electron chi connectivity index (χ2n) is 6.10. The molecular weight excluding hydrogens is 292 g/mol. The van der Waals surface area contributed by atoms with E-state index in [1.54, 1.807) is 6.92 Å². The van der Waals surface area contributed by atoms with Gasteiger partial charge in [-0.25, -0.2) is 0 Å². The van der Waals surface area contributed by atoms with E-state index in [2.05, 4.69) is 0 Å². The number of benzene rings is 1. The molecule has 1 amide bonds. The molecule has 0 radical (unpaired) electrons. The van der Waals surface area contributed by atoms with Crippen LogP contribution >= 0.6 is 0 Å². The van der Waals surface area contributed by atoms with Gasteiger partial charge in [-0.3, -0.25) is 9.59 Å². The van der Waals surface area contributed by atoms with Gasteiger partial charge in [0.15, 0.2) is 0 Å². The van der Waals surface area contributed by atoms with Crippen LogP contribution < -0.4 is 4.90 Å². The molecule has 1 aromatic rings. The molecule has 0 N–H and O–H groups in total. The molecule has 0 aromatic heterocycles. The lowest BCUT2D eigenvalue weighted by Crippen LogP contribution is -2.45. The first-order valence-corrected chi connectivity index (χ1v) is 8.27. The maximum Gasteiger partial charge on any atom is 0.307 e. The zero-order chi connectivity index (χ0) is 16.8. The molecule has 2 rings (SSSR count). The third kappa shape index (κ3) is 4.47. The van der Waals surface area contributed by atoms with Crippen molar-refractivity contribution in [2.24, 2.45) is 0 Å². The summed E-state index contributed by atoms with van der Waals surface area (Å²) in [5.41, 5.74) is 1.67. The van der Waals surface area contributed by atoms with Crippen LogP contribution in [0.4, 0.5) is 5.69 Å². The van der Waals surface area contributed by atoms with Crippen molar-refractivity contribution < 1.29 is 14.3 Å². The van der Waals surface area contributed by atoms with Gasteiger partial charge in [-0.05, 0) is 44.4 Å². The summed E-state index contributed by atoms with van der Waals surface area (Å²) >= 11 is 0. The van der Waals surface area contributed by atoms with Crippen LogP contribution in [-0.4, -0.2) is 50.1 Å². The molecule has 1 aliphatic heterocycles. The zero-order valence-corrected chi connectivity index (χ0v) is 14.2. The number of likely N-dealkylation sites (tertiary alicyclic amines) is 1. The van der Waals surface area contributed by atoms with Crippen molar-refractivity contribution in [1.29, 1.82) is 0 Å². The van der Waals surface area contributed by atoms with Gasteiger partial charge in [-0.1, -0.05) is 6.07 Å². The highest BCUT2D eigenvalue weighted by molar-refractivity contribution is 5.95. The number of anilines is 1. The van der Waals surface area contributed by atoms with Gasteiger partial charge < -0.3 is 14.5 Å². The lowest BCUT2D eigenvalue weighted by molar-refractivity contribution is -0.144. The molecule has 0 spiro atoms. The smallest absolute Gasteiger partial charge is 0.307 e. The first-order chi connectivity index (χ1) is 11.0. The maximum absolute atomic E-state index is 12.9. The van der Waals surface area contributed by atoms with Crippen molar-refractivity contribution in [3.63, 3.8) is 0 Å². The Kier molecular flexibility index (Phi) is 6.02. The average Bonchev–Trinajstić information content (AvgIpc) is 2.55. The van der Waals surface area contributed by atoms with Crippen molar-refractivity contribution in [2.75, 3.05) is 32.1 Å². The highest BCUT2D eigenvalue weighted by atomic mass is 16.5. The van der Waals surface area contributed by atoms with Gasteiger partial charge in [-0.15, -0.1) is 0 Å². The summed E-state index contributed by atoms with van der Waals surface area (Å²) in [6.45, 7) is 2.88. The second kappa shape index (κ2) is 7.99. The molecule has 0 bridgehead atoms. The summed E-state index contributed by atoms with van der Waals surface area (Å²) in [5, 5.41) is 0. The molecule has 1 fully saturated rings. The van der Waals surface area contributed by atoms with Crippen molar-refractivity contribution in [3.05, 3.63) is 29.8 Å². The molecule has 126 valence electrons. The lowest BCUT2D eigenvalue weighted by atomic mass is 9.98. The molecule has 1 atom stereocenters. The minimum atomic E-state index is -0.223. The first-order valence-electron chi connectivity index (χ1n) is 8.27. The number of rotatable bonds is 5. The number of carbonyl (C=O) groups excluding carboxylic acids is 2. The van der Waals surface area contributed by atoms with Gasteiger partial charge in [0.1, 0.15) is 0 Å². The number of nitrogens with zero attached hydrogens (tertiary/aromatic N) is 2. The minimum absolute atomic E-state index is 0.00250. The number of piperidine rings is 1. The number of hydrogen-bond acceptors (Lipinski definition) is 4. The summed E-state index contributed by atoms with van der Waals surface area (Å²) in [5.74, 6) is -0.220. The molecule has 5 heteroatoms. The van der Waals surface area contributed by atoms with E-state index in [0.717, 1.165) is 24.9 Å². The average molecular weight is 318 g/mol. The van der Waals surface area contributed by atoms with Gasteiger partial charge in [0, 0.05) is 37.9 Å². The molecule has 0 aliphatic carbocycles. The molecule has 1 saturated heterocycles. The van der Waals surface area contributed by atoms with Crippen LogP contribution in [0.2, 0.25) is 0 Å². The van der Waals surface area contributed by atoms with E-state index in [-0.39, 0.29) is 24.3 Å². The summed E-state index contributed by atoms with van der Waals surface area (Å²) in [4.78, 5) is 28.5. The Hall–Kier alpha value is -2.04. The van der Waals surface area contributed by atoms with Crippen molar-refractivity contribution in [3.8, 4) is 0 Å². The van der Waals surface area contributed by atoms with Crippen molar-refractivity contribution in [2.45, 2.75) is 38.6 Å². The predicted molar refractivity (Wildman–Crippen MR) is 90.7 cm³/mol. The standard InChI is InChI=1S/C18H26N2O3/c1-4-23-17(21)13-16-9-5-6-11-20(16)18(22)14-8-7-10-15(12-14)19(2)3/h7-8,10,12,16H,4-6,9,11,13H2,1-3H3/t16-/m0/s1. The number of ether oxygens (including phenoxy) is 1. The Morgan fingerprint density at radius 1 is 1.30 bits per heavy atom. The topological polar surface area (TPSA) is 49.9 Å². The van der Waals surface area contributed by atoms with Gasteiger partial charge in [0.2, 0.25) is 0 Å². The van der Waals surface area contributed by atoms with E-state index < -0.39 is 0 Å². The summed E-state index contributed by atoms with van der Waals surface area (Å²) in [6, 6.07) is 7.55. The third-order valence-electron chi connectivity index (χ3n) is 4.21. The number of carbonyl (C=O) groups is 2. The Labute approximate surface area is 138 Å². The fourth-order valence-electron chi connectivity index (χ4n) is 2.98. The Balaban J connectivity index is 2.14. The predicted octanol–water partition coefficient (Wildman–Crippen LogP) is 2.70. The molecule has 0 unspecified atom stereocenters. The molecule has 0 saturated carbocycles. The van der Waals surface area contributed by atoms with E-state index in [1.165, 1.54) is 0 Å². The van der Waals surface area contributed by atoms with Crippen LogP contribution in [0.3, 0.4) is 0 Å². The van der Waals surface area contributed by atoms with Crippen molar-refractivity contribution in [1.82, 2.24) is 4.90 Å². The van der Waals surface area contributed by atoms with E-state index >= 15 is 0 Å². The van der Waals surface area contributed by atoms with Gasteiger partial charge in [0.05, 0.1) is 13.0 Å². The molecule has 1 aromatic carbocycles. The van der Waals surface area contributed by atoms with Crippen LogP contribution in [0.25, 0.3) is 0 Å². The van der Waals surface area contributed by atoms with E-state index in [4.69, 9.17) is 4.74 Å². The molecule has 1 heterocycles. The highest BCUT2D eigenvalue weighted by Crippen LogP contribution is 2.24. The fraction of sp³-hybridized carbons (Fsp3) is 0.556. The van der Waals surface area contributed by atoms with Gasteiger partial charge in [0.25, 0.3) is 5.91 Å². The fourth-order valence-corrected chi connectivity index (χ4v) is 2.98. The van der Waals surface area contributed by atoms with E-state index in [0.29, 0.717) is 18.7 Å². The lowest BCUT2D eigenvalue weighted by Gasteiger charge is -2.35. The highest BCUT2D eigenvalue weighted by Gasteiger charge is 2.29. The Morgan fingerprint density at radius 2 is 2.09 bits per heavy atom. The Morgan fingerprint density at radius 3 is 2.78 bits per heavy atom. The number of esters is 1. The van der Waals surface area contributed by atoms with Crippen LogP contribution in [0.1, 0.15) is 43.0 Å². The summed E-state index contributed by atoms with van der Waals surface area (Å²) < 4.78 is 5.05. The quantitative estimate of drug-likeness (QED) is 0.783. The van der Waals surface area contributed by atoms with Crippen LogP contribution in [0.5, 0.6) is 0 Å². The Bertz CT molecular complexity index is 557. The van der Waals surface area contributed by atoms with Crippen LogP contribution in [0, 0.1) is 0 Å². The number of hydrogen-bond donors (Lipinski definition) is 0. The first kappa shape index (κ1) is 17.3. The maximum atomic E-state index is 12.9. The van der Waals surface area contributed by atoms with Crippen LogP contribution in [0.15, 0.2) is 24.3 Å². The largest absolute Gasteiger partial charge is 0.466 e. The molecular formula is C18H26N2O3. The molecule has 23 heavy (non-hydrogen) atoms. The van der Waals surface area contributed by atoms with Gasteiger partial charge >= 0.3 is 5.97 Å². The minimum Gasteiger partial charge on any atom is -0.466 e. The van der Waals surface area contributed by atoms with Crippen molar-refractivity contribution >= 4 is 17.6 Å². The summed E-state index contributed by atoms with van der Waals surface area (Å²) in [7, 11) is 3.90. The normalized spacial score (nSPS) is 17.7. The second-order valence-corrected chi connectivity index (χ2v) is 6.10. The summed E-state index contributed by atoms with van der Waals surface area (Å²) in [6.07, 6.45) is 3.18. The SMILES string of the molecule is CCOC(=O)C[C@@H]1CCCCN1C(=O)c1cccc(N(C)C)c1. The third-order valence-corrected chi connectivity index (χ3v) is 4.21. The monoisotopic (exact) mass is 318 g/mol. The van der Waals surface area contributed by atoms with Crippen LogP contribution in [-0.2, 0) is 9.53 Å². The van der Waals surface area contributed by atoms with E-state index in [1.807, 2.05) is 48.2 Å². The van der Waals surface area contributed by atoms with E-state index in [9.17, 15) is 9.59 Å². The zero-order valence-electron chi connectivity index (χ0n) is 14.2. The molecule has 1 aliphatic rings.